The Balaban J connectivity index is 0.000000223. The van der Waals surface area contributed by atoms with E-state index < -0.39 is 58.0 Å². The van der Waals surface area contributed by atoms with E-state index in [1.807, 2.05) is 0 Å². The minimum Gasteiger partial charge on any atom is -0.550 e. The van der Waals surface area contributed by atoms with Crippen molar-refractivity contribution in [2.75, 3.05) is 48.7 Å². The number of carbonyl (C=O) groups is 6. The number of carbonyl (C=O) groups excluding carboxylic acids is 6. The number of benzene rings is 6. The fourth-order valence-corrected chi connectivity index (χ4v) is 9.21. The number of amides is 4. The van der Waals surface area contributed by atoms with Crippen molar-refractivity contribution < 1.29 is 76.2 Å². The van der Waals surface area contributed by atoms with Crippen LogP contribution >= 0.6 is 23.2 Å². The van der Waals surface area contributed by atoms with Crippen molar-refractivity contribution in [1.29, 1.82) is 0 Å². The molecule has 8 aromatic rings. The van der Waals surface area contributed by atoms with Crippen LogP contribution in [0.4, 0.5) is 31.5 Å². The van der Waals surface area contributed by atoms with Crippen molar-refractivity contribution in [3.05, 3.63) is 155 Å². The van der Waals surface area contributed by atoms with E-state index in [4.69, 9.17) is 51.6 Å². The Morgan fingerprint density at radius 3 is 1.14 bits per heavy atom. The summed E-state index contributed by atoms with van der Waals surface area (Å²) in [6.45, 7) is 0.315. The summed E-state index contributed by atoms with van der Waals surface area (Å²) in [7, 11) is 2.96. The summed E-state index contributed by atoms with van der Waals surface area (Å²) in [6.07, 6.45) is 4.94. The molecule has 6 aromatic carbocycles. The minimum absolute atomic E-state index is 0. The second-order valence-corrected chi connectivity index (χ2v) is 20.6. The zero-order valence-corrected chi connectivity index (χ0v) is 49.5. The number of nitrogens with one attached hydrogen (secondary N) is 4. The van der Waals surface area contributed by atoms with Gasteiger partial charge in [0.15, 0.2) is 23.0 Å². The normalized spacial score (nSPS) is 13.0. The minimum atomic E-state index is -1.22. The Morgan fingerprint density at radius 1 is 0.471 bits per heavy atom. The first kappa shape index (κ1) is 64.0. The number of nitrogens with zero attached hydrogens (tertiary/aromatic N) is 2. The molecule has 25 heteroatoms. The molecule has 0 aliphatic heterocycles. The van der Waals surface area contributed by atoms with Crippen molar-refractivity contribution in [2.24, 2.45) is 10.8 Å². The number of rotatable bonds is 24. The summed E-state index contributed by atoms with van der Waals surface area (Å²) in [5.41, 5.74) is 0.197. The maximum atomic E-state index is 13.2. The molecule has 2 aliphatic rings. The van der Waals surface area contributed by atoms with Gasteiger partial charge in [-0.1, -0.05) is 23.2 Å². The number of carboxylic acids is 2. The number of aromatic nitrogens is 2. The average Bonchev–Trinajstić information content (AvgIpc) is 1.76. The second kappa shape index (κ2) is 28.4. The van der Waals surface area contributed by atoms with Crippen molar-refractivity contribution in [1.82, 2.24) is 9.97 Å². The molecule has 0 bridgehead atoms. The van der Waals surface area contributed by atoms with Gasteiger partial charge in [-0.3, -0.25) is 29.1 Å². The van der Waals surface area contributed by atoms with Gasteiger partial charge in [0.05, 0.1) is 48.5 Å². The van der Waals surface area contributed by atoms with Crippen LogP contribution in [0.3, 0.4) is 0 Å². The predicted octanol–water partition coefficient (Wildman–Crippen LogP) is 9.81. The monoisotopic (exact) mass is 1240 g/mol. The number of halogens is 4. The summed E-state index contributed by atoms with van der Waals surface area (Å²) >= 11 is 13.0. The summed E-state index contributed by atoms with van der Waals surface area (Å²) in [5, 5.41) is 33.8. The van der Waals surface area contributed by atoms with E-state index in [2.05, 4.69) is 31.2 Å². The van der Waals surface area contributed by atoms with Crippen LogP contribution in [0.1, 0.15) is 51.4 Å². The van der Waals surface area contributed by atoms with Gasteiger partial charge in [-0.25, -0.2) is 8.78 Å². The van der Waals surface area contributed by atoms with Crippen molar-refractivity contribution in [3.63, 3.8) is 0 Å². The van der Waals surface area contributed by atoms with Gasteiger partial charge in [0.2, 0.25) is 23.6 Å². The molecule has 0 unspecified atom stereocenters. The fourth-order valence-electron chi connectivity index (χ4n) is 8.77. The number of carboxylic acid groups (broad SMARTS) is 2. The summed E-state index contributed by atoms with van der Waals surface area (Å²) < 4.78 is 60.8. The zero-order valence-electron chi connectivity index (χ0n) is 46.6. The molecule has 0 atom stereocenters. The molecule has 2 saturated carbocycles. The quantitative estimate of drug-likeness (QED) is 0.0249. The van der Waals surface area contributed by atoms with Gasteiger partial charge in [-0.15, -0.1) is 0 Å². The van der Waals surface area contributed by atoms with Crippen LogP contribution in [0.15, 0.2) is 134 Å². The molecule has 4 N–H and O–H groups in total. The first-order valence-electron chi connectivity index (χ1n) is 26.7. The molecule has 0 spiro atoms. The molecular formula is C62H52Cl2F2MgN6O14. The Morgan fingerprint density at radius 2 is 0.816 bits per heavy atom. The van der Waals surface area contributed by atoms with Crippen LogP contribution < -0.4 is 59.9 Å². The van der Waals surface area contributed by atoms with Crippen molar-refractivity contribution >= 4 is 126 Å². The third-order valence-electron chi connectivity index (χ3n) is 13.8. The van der Waals surface area contributed by atoms with Crippen molar-refractivity contribution in [3.8, 4) is 46.0 Å². The molecule has 4 amide bonds. The van der Waals surface area contributed by atoms with Crippen LogP contribution in [0.2, 0.25) is 10.0 Å². The fraction of sp³-hybridized carbons (Fsp3) is 0.226. The Kier molecular flexibility index (Phi) is 20.9. The number of pyridine rings is 2. The zero-order chi connectivity index (χ0) is 61.1. The van der Waals surface area contributed by atoms with E-state index in [1.165, 1.54) is 74.9 Å². The third kappa shape index (κ3) is 15.9. The number of aliphatic carboxylic acids is 2. The molecule has 20 nitrogen and oxygen atoms in total. The molecule has 0 radical (unpaired) electrons. The first-order chi connectivity index (χ1) is 41.4. The van der Waals surface area contributed by atoms with Gasteiger partial charge in [0, 0.05) is 70.0 Å². The molecule has 87 heavy (non-hydrogen) atoms. The number of hydrogen-bond donors (Lipinski definition) is 4. The number of methoxy groups -OCH3 is 2. The average molecular weight is 1240 g/mol. The van der Waals surface area contributed by atoms with E-state index in [0.29, 0.717) is 116 Å². The summed E-state index contributed by atoms with van der Waals surface area (Å²) in [6, 6.07) is 30.1. The van der Waals surface area contributed by atoms with E-state index in [1.54, 1.807) is 73.1 Å². The molecule has 444 valence electrons. The topological polar surface area (TPSA) is 278 Å². The van der Waals surface area contributed by atoms with E-state index >= 15 is 0 Å². The first-order valence-corrected chi connectivity index (χ1v) is 27.4. The van der Waals surface area contributed by atoms with Gasteiger partial charge in [0.25, 0.3) is 0 Å². The smallest absolute Gasteiger partial charge is 0.550 e. The van der Waals surface area contributed by atoms with Gasteiger partial charge in [-0.05, 0) is 161 Å². The van der Waals surface area contributed by atoms with Crippen molar-refractivity contribution in [2.45, 2.75) is 51.4 Å². The third-order valence-corrected chi connectivity index (χ3v) is 14.4. The molecule has 2 fully saturated rings. The van der Waals surface area contributed by atoms with Gasteiger partial charge in [0.1, 0.15) is 45.5 Å². The molecule has 10 rings (SSSR count). The Bertz CT molecular complexity index is 3640. The molecule has 2 aliphatic carbocycles. The molecule has 2 heterocycles. The molecule has 2 aromatic heterocycles. The van der Waals surface area contributed by atoms with Gasteiger partial charge >= 0.3 is 23.1 Å². The Labute approximate surface area is 521 Å². The Hall–Kier alpha value is -9.03. The largest absolute Gasteiger partial charge is 2.00 e. The number of hydrogen-bond acceptors (Lipinski definition) is 16. The summed E-state index contributed by atoms with van der Waals surface area (Å²) in [5.74, 6) is -1.94. The number of ether oxygens (including phenoxy) is 6. The number of anilines is 4. The van der Waals surface area contributed by atoms with Crippen LogP contribution in [-0.4, -0.2) is 96.0 Å². The number of fused-ring (bicyclic) bond motifs is 2. The SMILES string of the molecule is COc1cc2c(Oc3ccc(NC(=O)C4(C(=O)Nc5ccc(F)cc5)CC4)cc3Cl)ccnc2cc1OCCCC(=O)[O-].COc1cc2c(Oc3ccc(NC(=O)C4(C(=O)Nc5ccc(F)cc5)CC4)cc3Cl)ccnc2cc1OCCCC(=O)[O-].[Mg+2]. The maximum absolute atomic E-state index is 13.2. The summed E-state index contributed by atoms with van der Waals surface area (Å²) in [4.78, 5) is 81.8. The van der Waals surface area contributed by atoms with Crippen LogP contribution in [0.5, 0.6) is 46.0 Å². The standard InChI is InChI=1S/2C31H27ClFN3O7.Mg/c2*1-41-26-16-21-23(17-27(26)42-14-2-3-28(37)38)34-13-10-24(21)43-25-9-8-20(15-22(25)32)36-30(40)31(11-12-31)29(39)35-19-6-4-18(33)5-7-19;/h2*4-10,13,15-17H,2-3,11-12,14H2,1H3,(H,35,39)(H,36,40)(H,37,38);/q;;+2/p-2. The van der Waals surface area contributed by atoms with Gasteiger partial charge in [-0.2, -0.15) is 0 Å². The molecular weight excluding hydrogens is 1190 g/mol. The molecule has 0 saturated heterocycles. The van der Waals surface area contributed by atoms with Crippen LogP contribution in [-0.2, 0) is 28.8 Å². The second-order valence-electron chi connectivity index (χ2n) is 19.8. The van der Waals surface area contributed by atoms with E-state index in [9.17, 15) is 47.8 Å². The van der Waals surface area contributed by atoms with E-state index in [0.717, 1.165) is 0 Å². The van der Waals surface area contributed by atoms with Crippen LogP contribution in [0.25, 0.3) is 21.8 Å². The van der Waals surface area contributed by atoms with Crippen LogP contribution in [0, 0.1) is 22.5 Å². The maximum Gasteiger partial charge on any atom is 2.00 e. The van der Waals surface area contributed by atoms with Gasteiger partial charge < -0.3 is 69.5 Å². The van der Waals surface area contributed by atoms with E-state index in [-0.39, 0.29) is 72.0 Å². The predicted molar refractivity (Wildman–Crippen MR) is 316 cm³/mol.